The lowest BCUT2D eigenvalue weighted by Gasteiger charge is -2.36. The first-order valence-corrected chi connectivity index (χ1v) is 6.07. The van der Waals surface area contributed by atoms with Crippen molar-refractivity contribution in [2.45, 2.75) is 37.7 Å². The molecule has 1 aliphatic rings. The summed E-state index contributed by atoms with van der Waals surface area (Å²) in [6.45, 7) is 0. The number of hydrogen-bond acceptors (Lipinski definition) is 2. The van der Waals surface area contributed by atoms with E-state index >= 15 is 0 Å². The van der Waals surface area contributed by atoms with E-state index in [0.717, 1.165) is 18.4 Å². The Morgan fingerprint density at radius 2 is 1.76 bits per heavy atom. The summed E-state index contributed by atoms with van der Waals surface area (Å²) in [6, 6.07) is 7.09. The molecule has 17 heavy (non-hydrogen) atoms. The van der Waals surface area contributed by atoms with Gasteiger partial charge in [0, 0.05) is 7.11 Å². The molecule has 0 bridgehead atoms. The van der Waals surface area contributed by atoms with Crippen molar-refractivity contribution in [2.75, 3.05) is 7.11 Å². The lowest BCUT2D eigenvalue weighted by molar-refractivity contribution is -0.0445. The SMILES string of the molecule is COC1(c2ccc(C(=O)O)cc2)CCCCC1. The molecule has 1 aromatic rings. The fraction of sp³-hybridized carbons (Fsp3) is 0.500. The van der Waals surface area contributed by atoms with Gasteiger partial charge in [0.15, 0.2) is 0 Å². The Kier molecular flexibility index (Phi) is 3.48. The van der Waals surface area contributed by atoms with Crippen LogP contribution in [0.5, 0.6) is 0 Å². The third kappa shape index (κ3) is 2.34. The van der Waals surface area contributed by atoms with Gasteiger partial charge >= 0.3 is 5.97 Å². The Labute approximate surface area is 101 Å². The molecular weight excluding hydrogens is 216 g/mol. The largest absolute Gasteiger partial charge is 0.478 e. The molecule has 1 fully saturated rings. The molecule has 0 amide bonds. The van der Waals surface area contributed by atoms with Gasteiger partial charge in [-0.25, -0.2) is 4.79 Å². The molecule has 0 radical (unpaired) electrons. The number of carboxylic acids is 1. The normalized spacial score (nSPS) is 18.9. The molecule has 92 valence electrons. The molecule has 0 heterocycles. The Morgan fingerprint density at radius 1 is 1.18 bits per heavy atom. The van der Waals surface area contributed by atoms with Crippen LogP contribution in [-0.2, 0) is 10.3 Å². The molecule has 1 N–H and O–H groups in total. The molecule has 0 aliphatic heterocycles. The minimum Gasteiger partial charge on any atom is -0.478 e. The van der Waals surface area contributed by atoms with Crippen molar-refractivity contribution < 1.29 is 14.6 Å². The zero-order chi connectivity index (χ0) is 12.3. The molecule has 1 saturated carbocycles. The average Bonchev–Trinajstić information content (AvgIpc) is 2.39. The minimum absolute atomic E-state index is 0.199. The van der Waals surface area contributed by atoms with Crippen molar-refractivity contribution in [3.63, 3.8) is 0 Å². The minimum atomic E-state index is -0.883. The van der Waals surface area contributed by atoms with E-state index in [9.17, 15) is 4.79 Å². The molecule has 0 spiro atoms. The third-order valence-electron chi connectivity index (χ3n) is 3.71. The van der Waals surface area contributed by atoms with Crippen molar-refractivity contribution in [3.05, 3.63) is 35.4 Å². The van der Waals surface area contributed by atoms with Gasteiger partial charge in [-0.05, 0) is 30.5 Å². The molecule has 1 aromatic carbocycles. The Hall–Kier alpha value is -1.35. The van der Waals surface area contributed by atoms with Gasteiger partial charge in [0.2, 0.25) is 0 Å². The Morgan fingerprint density at radius 3 is 2.24 bits per heavy atom. The van der Waals surface area contributed by atoms with Crippen LogP contribution >= 0.6 is 0 Å². The second-order valence-corrected chi connectivity index (χ2v) is 4.64. The van der Waals surface area contributed by atoms with Crippen LogP contribution in [0.15, 0.2) is 24.3 Å². The van der Waals surface area contributed by atoms with Gasteiger partial charge in [-0.15, -0.1) is 0 Å². The number of rotatable bonds is 3. The van der Waals surface area contributed by atoms with Crippen LogP contribution in [0.25, 0.3) is 0 Å². The van der Waals surface area contributed by atoms with E-state index in [1.54, 1.807) is 19.2 Å². The number of aromatic carboxylic acids is 1. The quantitative estimate of drug-likeness (QED) is 0.873. The van der Waals surface area contributed by atoms with Gasteiger partial charge < -0.3 is 9.84 Å². The average molecular weight is 234 g/mol. The summed E-state index contributed by atoms with van der Waals surface area (Å²) in [5, 5.41) is 8.88. The third-order valence-corrected chi connectivity index (χ3v) is 3.71. The maximum absolute atomic E-state index is 10.8. The van der Waals surface area contributed by atoms with Crippen LogP contribution in [0.2, 0.25) is 0 Å². The maximum atomic E-state index is 10.8. The zero-order valence-corrected chi connectivity index (χ0v) is 10.1. The van der Waals surface area contributed by atoms with Crippen LogP contribution in [0.4, 0.5) is 0 Å². The van der Waals surface area contributed by atoms with Gasteiger partial charge in [0.1, 0.15) is 0 Å². The van der Waals surface area contributed by atoms with E-state index < -0.39 is 5.97 Å². The Bertz CT molecular complexity index is 388. The highest BCUT2D eigenvalue weighted by atomic mass is 16.5. The zero-order valence-electron chi connectivity index (χ0n) is 10.1. The number of hydrogen-bond donors (Lipinski definition) is 1. The second kappa shape index (κ2) is 4.88. The first-order valence-electron chi connectivity index (χ1n) is 6.07. The smallest absolute Gasteiger partial charge is 0.335 e. The molecule has 0 aromatic heterocycles. The van der Waals surface area contributed by atoms with Crippen LogP contribution in [0, 0.1) is 0 Å². The summed E-state index contributed by atoms with van der Waals surface area (Å²) in [5.74, 6) is -0.883. The van der Waals surface area contributed by atoms with E-state index in [-0.39, 0.29) is 5.60 Å². The topological polar surface area (TPSA) is 46.5 Å². The monoisotopic (exact) mass is 234 g/mol. The summed E-state index contributed by atoms with van der Waals surface area (Å²) in [4.78, 5) is 10.8. The summed E-state index contributed by atoms with van der Waals surface area (Å²) in [6.07, 6.45) is 5.66. The van der Waals surface area contributed by atoms with Gasteiger partial charge in [0.25, 0.3) is 0 Å². The van der Waals surface area contributed by atoms with Crippen molar-refractivity contribution in [3.8, 4) is 0 Å². The highest BCUT2D eigenvalue weighted by molar-refractivity contribution is 5.87. The van der Waals surface area contributed by atoms with E-state index in [1.807, 2.05) is 12.1 Å². The first kappa shape index (κ1) is 12.1. The van der Waals surface area contributed by atoms with E-state index in [4.69, 9.17) is 9.84 Å². The van der Waals surface area contributed by atoms with Crippen LogP contribution in [0.3, 0.4) is 0 Å². The molecule has 2 rings (SSSR count). The predicted octanol–water partition coefficient (Wildman–Crippen LogP) is 3.19. The number of carboxylic acid groups (broad SMARTS) is 1. The van der Waals surface area contributed by atoms with E-state index in [0.29, 0.717) is 5.56 Å². The standard InChI is InChI=1S/C14H18O3/c1-17-14(9-3-2-4-10-14)12-7-5-11(6-8-12)13(15)16/h5-8H,2-4,9-10H2,1H3,(H,15,16). The fourth-order valence-electron chi connectivity index (χ4n) is 2.65. The lowest BCUT2D eigenvalue weighted by Crippen LogP contribution is -2.31. The lowest BCUT2D eigenvalue weighted by atomic mass is 9.79. The molecule has 1 aliphatic carbocycles. The summed E-state index contributed by atoms with van der Waals surface area (Å²) >= 11 is 0. The van der Waals surface area contributed by atoms with Crippen LogP contribution in [0.1, 0.15) is 48.0 Å². The van der Waals surface area contributed by atoms with Gasteiger partial charge in [-0.3, -0.25) is 0 Å². The van der Waals surface area contributed by atoms with Crippen LogP contribution < -0.4 is 0 Å². The van der Waals surface area contributed by atoms with Gasteiger partial charge in [-0.1, -0.05) is 31.4 Å². The van der Waals surface area contributed by atoms with Crippen LogP contribution in [-0.4, -0.2) is 18.2 Å². The van der Waals surface area contributed by atoms with Gasteiger partial charge in [-0.2, -0.15) is 0 Å². The number of methoxy groups -OCH3 is 1. The van der Waals surface area contributed by atoms with E-state index in [1.165, 1.54) is 19.3 Å². The Balaban J connectivity index is 2.27. The number of ether oxygens (including phenoxy) is 1. The van der Waals surface area contributed by atoms with E-state index in [2.05, 4.69) is 0 Å². The summed E-state index contributed by atoms with van der Waals surface area (Å²) in [7, 11) is 1.75. The number of carbonyl (C=O) groups is 1. The van der Waals surface area contributed by atoms with Crippen molar-refractivity contribution in [1.82, 2.24) is 0 Å². The molecule has 3 heteroatoms. The number of benzene rings is 1. The second-order valence-electron chi connectivity index (χ2n) is 4.64. The molecule has 0 atom stereocenters. The van der Waals surface area contributed by atoms with Crippen molar-refractivity contribution in [1.29, 1.82) is 0 Å². The molecule has 0 unspecified atom stereocenters. The molecular formula is C14H18O3. The summed E-state index contributed by atoms with van der Waals surface area (Å²) < 4.78 is 5.72. The maximum Gasteiger partial charge on any atom is 0.335 e. The highest BCUT2D eigenvalue weighted by Gasteiger charge is 2.33. The summed E-state index contributed by atoms with van der Waals surface area (Å²) in [5.41, 5.74) is 1.23. The molecule has 3 nitrogen and oxygen atoms in total. The first-order chi connectivity index (χ1) is 8.18. The van der Waals surface area contributed by atoms with Crippen molar-refractivity contribution in [2.24, 2.45) is 0 Å². The highest BCUT2D eigenvalue weighted by Crippen LogP contribution is 2.39. The predicted molar refractivity (Wildman–Crippen MR) is 65.2 cm³/mol. The van der Waals surface area contributed by atoms with Gasteiger partial charge in [0.05, 0.1) is 11.2 Å². The van der Waals surface area contributed by atoms with Crippen molar-refractivity contribution >= 4 is 5.97 Å². The fourth-order valence-corrected chi connectivity index (χ4v) is 2.65. The molecule has 0 saturated heterocycles.